The van der Waals surface area contributed by atoms with Crippen LogP contribution in [0.2, 0.25) is 0 Å². The Morgan fingerprint density at radius 1 is 0.682 bits per heavy atom. The van der Waals surface area contributed by atoms with E-state index in [1.165, 1.54) is 32.1 Å². The van der Waals surface area contributed by atoms with Crippen molar-refractivity contribution in [2.75, 3.05) is 0 Å². The molecule has 0 atom stereocenters. The summed E-state index contributed by atoms with van der Waals surface area (Å²) >= 11 is 0. The summed E-state index contributed by atoms with van der Waals surface area (Å²) in [6, 6.07) is 0. The lowest BCUT2D eigenvalue weighted by molar-refractivity contribution is -0.137. The summed E-state index contributed by atoms with van der Waals surface area (Å²) in [6.45, 7) is 2.25. The van der Waals surface area contributed by atoms with Gasteiger partial charge >= 0.3 is 5.97 Å². The van der Waals surface area contributed by atoms with Crippen LogP contribution >= 0.6 is 0 Å². The summed E-state index contributed by atoms with van der Waals surface area (Å²) in [5, 5.41) is 8.50. The van der Waals surface area contributed by atoms with Crippen molar-refractivity contribution in [1.29, 1.82) is 0 Å². The molecule has 0 aromatic carbocycles. The maximum atomic E-state index is 10.3. The van der Waals surface area contributed by atoms with E-state index in [1.807, 2.05) is 0 Å². The van der Waals surface area contributed by atoms with Gasteiger partial charge in [0.25, 0.3) is 0 Å². The number of allylic oxidation sites excluding steroid dienone is 6. The molecule has 2 heteroatoms. The van der Waals surface area contributed by atoms with E-state index in [0.29, 0.717) is 0 Å². The van der Waals surface area contributed by atoms with E-state index >= 15 is 0 Å². The maximum absolute atomic E-state index is 10.3. The predicted molar refractivity (Wildman–Crippen MR) is 96.1 cm³/mol. The van der Waals surface area contributed by atoms with Crippen LogP contribution in [0, 0.1) is 0 Å². The van der Waals surface area contributed by atoms with Gasteiger partial charge in [-0.05, 0) is 51.4 Å². The van der Waals surface area contributed by atoms with Crippen LogP contribution in [0.5, 0.6) is 0 Å². The first-order chi connectivity index (χ1) is 10.8. The second-order valence-electron chi connectivity index (χ2n) is 5.70. The van der Waals surface area contributed by atoms with Crippen molar-refractivity contribution in [1.82, 2.24) is 0 Å². The average molecular weight is 306 g/mol. The fraction of sp³-hybridized carbons (Fsp3) is 0.650. The number of rotatable bonds is 15. The zero-order chi connectivity index (χ0) is 16.3. The van der Waals surface area contributed by atoms with Gasteiger partial charge in [0.05, 0.1) is 0 Å². The van der Waals surface area contributed by atoms with Crippen LogP contribution in [-0.2, 0) is 4.79 Å². The molecule has 0 saturated heterocycles. The van der Waals surface area contributed by atoms with Gasteiger partial charge in [-0.2, -0.15) is 0 Å². The fourth-order valence-electron chi connectivity index (χ4n) is 2.15. The summed E-state index contributed by atoms with van der Waals surface area (Å²) in [5.74, 6) is -0.702. The monoisotopic (exact) mass is 306 g/mol. The van der Waals surface area contributed by atoms with Gasteiger partial charge in [0.15, 0.2) is 0 Å². The number of hydrogen-bond acceptors (Lipinski definition) is 1. The van der Waals surface area contributed by atoms with E-state index in [1.54, 1.807) is 0 Å². The first-order valence-corrected chi connectivity index (χ1v) is 8.94. The van der Waals surface area contributed by atoms with E-state index in [2.05, 4.69) is 43.4 Å². The molecule has 2 nitrogen and oxygen atoms in total. The van der Waals surface area contributed by atoms with Gasteiger partial charge in [-0.15, -0.1) is 0 Å². The van der Waals surface area contributed by atoms with Crippen molar-refractivity contribution in [3.05, 3.63) is 36.5 Å². The molecule has 22 heavy (non-hydrogen) atoms. The molecule has 0 bridgehead atoms. The highest BCUT2D eigenvalue weighted by Crippen LogP contribution is 2.04. The first kappa shape index (κ1) is 20.7. The van der Waals surface area contributed by atoms with Gasteiger partial charge in [-0.3, -0.25) is 4.79 Å². The third kappa shape index (κ3) is 18.7. The average Bonchev–Trinajstić information content (AvgIpc) is 2.50. The van der Waals surface area contributed by atoms with Gasteiger partial charge in [0, 0.05) is 6.42 Å². The smallest absolute Gasteiger partial charge is 0.303 e. The predicted octanol–water partition coefficient (Wildman–Crippen LogP) is 6.44. The van der Waals surface area contributed by atoms with Crippen molar-refractivity contribution in [3.8, 4) is 0 Å². The Kier molecular flexibility index (Phi) is 16.7. The molecule has 0 unspecified atom stereocenters. The van der Waals surface area contributed by atoms with E-state index in [-0.39, 0.29) is 6.42 Å². The fourth-order valence-corrected chi connectivity index (χ4v) is 2.15. The molecular weight excluding hydrogens is 272 g/mol. The Balaban J connectivity index is 3.28. The Labute approximate surface area is 137 Å². The zero-order valence-electron chi connectivity index (χ0n) is 14.3. The Morgan fingerprint density at radius 3 is 1.59 bits per heavy atom. The number of carbonyl (C=O) groups is 1. The molecule has 0 aliphatic heterocycles. The second-order valence-corrected chi connectivity index (χ2v) is 5.70. The lowest BCUT2D eigenvalue weighted by Crippen LogP contribution is -1.92. The molecule has 0 rings (SSSR count). The van der Waals surface area contributed by atoms with Gasteiger partial charge in [-0.25, -0.2) is 0 Å². The third-order valence-electron chi connectivity index (χ3n) is 3.49. The van der Waals surface area contributed by atoms with E-state index in [9.17, 15) is 4.79 Å². The molecule has 0 aromatic heterocycles. The molecule has 0 aliphatic carbocycles. The zero-order valence-corrected chi connectivity index (χ0v) is 14.3. The molecule has 0 amide bonds. The maximum Gasteiger partial charge on any atom is 0.303 e. The summed E-state index contributed by atoms with van der Waals surface area (Å²) < 4.78 is 0. The van der Waals surface area contributed by atoms with Crippen LogP contribution in [0.1, 0.15) is 84.0 Å². The van der Waals surface area contributed by atoms with Gasteiger partial charge in [0.1, 0.15) is 0 Å². The van der Waals surface area contributed by atoms with Crippen molar-refractivity contribution in [3.63, 3.8) is 0 Å². The third-order valence-corrected chi connectivity index (χ3v) is 3.49. The molecule has 0 aromatic rings. The van der Waals surface area contributed by atoms with Crippen LogP contribution in [0.15, 0.2) is 36.5 Å². The molecule has 0 spiro atoms. The minimum Gasteiger partial charge on any atom is -0.481 e. The molecule has 0 heterocycles. The Morgan fingerprint density at radius 2 is 1.14 bits per heavy atom. The number of aliphatic carboxylic acids is 1. The van der Waals surface area contributed by atoms with Crippen molar-refractivity contribution in [2.24, 2.45) is 0 Å². The lowest BCUT2D eigenvalue weighted by atomic mass is 10.1. The van der Waals surface area contributed by atoms with Crippen LogP contribution in [-0.4, -0.2) is 11.1 Å². The van der Waals surface area contributed by atoms with E-state index in [0.717, 1.165) is 38.5 Å². The molecular formula is C20H34O2. The highest BCUT2D eigenvalue weighted by Gasteiger charge is 1.92. The molecule has 0 radical (unpaired) electrons. The van der Waals surface area contributed by atoms with Crippen LogP contribution in [0.4, 0.5) is 0 Å². The summed E-state index contributed by atoms with van der Waals surface area (Å²) in [4.78, 5) is 10.3. The van der Waals surface area contributed by atoms with Crippen LogP contribution in [0.25, 0.3) is 0 Å². The molecule has 126 valence electrons. The minimum atomic E-state index is -0.702. The number of carboxylic acids is 1. The first-order valence-electron chi connectivity index (χ1n) is 8.94. The summed E-state index contributed by atoms with van der Waals surface area (Å²) in [7, 11) is 0. The summed E-state index contributed by atoms with van der Waals surface area (Å²) in [5.41, 5.74) is 0. The number of unbranched alkanes of at least 4 members (excludes halogenated alkanes) is 7. The van der Waals surface area contributed by atoms with Crippen molar-refractivity contribution in [2.45, 2.75) is 84.0 Å². The van der Waals surface area contributed by atoms with Crippen LogP contribution < -0.4 is 0 Å². The van der Waals surface area contributed by atoms with Crippen molar-refractivity contribution >= 4 is 5.97 Å². The van der Waals surface area contributed by atoms with Crippen LogP contribution in [0.3, 0.4) is 0 Å². The molecule has 0 aliphatic rings. The Hall–Kier alpha value is -1.31. The SMILES string of the molecule is CCCCCC/C=C/CC/C=C/CC/C=C/CCCC(=O)O. The largest absolute Gasteiger partial charge is 0.481 e. The number of hydrogen-bond donors (Lipinski definition) is 1. The minimum absolute atomic E-state index is 0.274. The Bertz CT molecular complexity index is 327. The standard InChI is InChI=1S/C20H34O2/c1-2-3-4-5-6-7-8-9-10-11-12-13-14-15-16-17-18-19-20(21)22/h7-8,11-12,15-16H,2-6,9-10,13-14,17-19H2,1H3,(H,21,22)/b8-7+,12-11+,16-15+. The number of carboxylic acid groups (broad SMARTS) is 1. The highest BCUT2D eigenvalue weighted by molar-refractivity contribution is 5.66. The molecule has 1 N–H and O–H groups in total. The normalized spacial score (nSPS) is 12.0. The topological polar surface area (TPSA) is 37.3 Å². The van der Waals surface area contributed by atoms with Gasteiger partial charge in [-0.1, -0.05) is 62.6 Å². The van der Waals surface area contributed by atoms with Gasteiger partial charge < -0.3 is 5.11 Å². The second kappa shape index (κ2) is 17.7. The molecule has 0 saturated carbocycles. The van der Waals surface area contributed by atoms with E-state index < -0.39 is 5.97 Å². The highest BCUT2D eigenvalue weighted by atomic mass is 16.4. The summed E-state index contributed by atoms with van der Waals surface area (Å²) in [6.07, 6.45) is 26.3. The quantitative estimate of drug-likeness (QED) is 0.279. The lowest BCUT2D eigenvalue weighted by Gasteiger charge is -1.94. The van der Waals surface area contributed by atoms with E-state index in [4.69, 9.17) is 5.11 Å². The van der Waals surface area contributed by atoms with Gasteiger partial charge in [0.2, 0.25) is 0 Å². The molecule has 0 fully saturated rings. The van der Waals surface area contributed by atoms with Crippen molar-refractivity contribution < 1.29 is 9.90 Å².